The average Bonchev–Trinajstić information content (AvgIpc) is 3.27. The molecule has 0 N–H and O–H groups in total. The van der Waals surface area contributed by atoms with E-state index in [9.17, 15) is 0 Å². The molecule has 0 aliphatic heterocycles. The van der Waals surface area contributed by atoms with E-state index in [1.165, 1.54) is 25.5 Å². The lowest BCUT2D eigenvalue weighted by Gasteiger charge is -2.23. The fraction of sp³-hybridized carbons (Fsp3) is 0.571. The van der Waals surface area contributed by atoms with Crippen molar-refractivity contribution in [2.24, 2.45) is 0 Å². The van der Waals surface area contributed by atoms with Gasteiger partial charge in [0.1, 0.15) is 0 Å². The van der Waals surface area contributed by atoms with Crippen molar-refractivity contribution in [2.45, 2.75) is 77.6 Å². The number of aromatic nitrogens is 3. The Labute approximate surface area is 175 Å². The van der Waals surface area contributed by atoms with Gasteiger partial charge < -0.3 is 0 Å². The summed E-state index contributed by atoms with van der Waals surface area (Å²) >= 11 is 5.34. The van der Waals surface area contributed by atoms with Gasteiger partial charge in [-0.15, -0.1) is 34.0 Å². The van der Waals surface area contributed by atoms with Gasteiger partial charge in [-0.3, -0.25) is 4.98 Å². The number of hydrogen-bond acceptors (Lipinski definition) is 6. The minimum Gasteiger partial charge on any atom is -0.253 e. The van der Waals surface area contributed by atoms with E-state index < -0.39 is 0 Å². The number of rotatable bonds is 6. The fourth-order valence-electron chi connectivity index (χ4n) is 2.98. The maximum atomic E-state index is 5.02. The molecule has 0 bridgehead atoms. The van der Waals surface area contributed by atoms with Crippen molar-refractivity contribution < 1.29 is 0 Å². The molecule has 0 aromatic carbocycles. The maximum absolute atomic E-state index is 5.02. The summed E-state index contributed by atoms with van der Waals surface area (Å²) in [5.41, 5.74) is 3.29. The molecule has 0 aliphatic carbocycles. The van der Waals surface area contributed by atoms with Crippen molar-refractivity contribution in [1.82, 2.24) is 15.0 Å². The SMILES string of the molecule is CC(C)(C)c1ncc(CC(C)(C)c2csc(CC(C)(C)c3cncs3)n2)s1. The summed E-state index contributed by atoms with van der Waals surface area (Å²) in [7, 11) is 0. The molecule has 27 heavy (non-hydrogen) atoms. The summed E-state index contributed by atoms with van der Waals surface area (Å²) in [6.07, 6.45) is 5.96. The van der Waals surface area contributed by atoms with Crippen LogP contribution in [0.15, 0.2) is 23.3 Å². The van der Waals surface area contributed by atoms with E-state index in [-0.39, 0.29) is 16.2 Å². The third kappa shape index (κ3) is 4.84. The van der Waals surface area contributed by atoms with Crippen molar-refractivity contribution in [3.8, 4) is 0 Å². The first kappa shape index (κ1) is 20.6. The first-order chi connectivity index (χ1) is 12.5. The summed E-state index contributed by atoms with van der Waals surface area (Å²) in [4.78, 5) is 16.6. The molecule has 0 saturated carbocycles. The van der Waals surface area contributed by atoms with E-state index in [4.69, 9.17) is 4.98 Å². The van der Waals surface area contributed by atoms with E-state index in [0.29, 0.717) is 0 Å². The first-order valence-corrected chi connectivity index (χ1v) is 11.8. The molecule has 146 valence electrons. The number of thiazole rings is 3. The van der Waals surface area contributed by atoms with E-state index in [1.54, 1.807) is 22.7 Å². The van der Waals surface area contributed by atoms with Crippen LogP contribution in [0.1, 0.15) is 73.9 Å². The van der Waals surface area contributed by atoms with Crippen LogP contribution in [0, 0.1) is 0 Å². The summed E-state index contributed by atoms with van der Waals surface area (Å²) < 4.78 is 0. The number of hydrogen-bond donors (Lipinski definition) is 0. The van der Waals surface area contributed by atoms with Crippen molar-refractivity contribution in [3.63, 3.8) is 0 Å². The van der Waals surface area contributed by atoms with Crippen LogP contribution in [0.3, 0.4) is 0 Å². The second kappa shape index (κ2) is 7.37. The van der Waals surface area contributed by atoms with Crippen LogP contribution in [0.4, 0.5) is 0 Å². The molecule has 3 aromatic heterocycles. The van der Waals surface area contributed by atoms with Gasteiger partial charge in [-0.2, -0.15) is 0 Å². The molecule has 0 saturated heterocycles. The molecule has 3 aromatic rings. The lowest BCUT2D eigenvalue weighted by molar-refractivity contribution is 0.501. The van der Waals surface area contributed by atoms with E-state index in [2.05, 4.69) is 63.8 Å². The van der Waals surface area contributed by atoms with Gasteiger partial charge in [0, 0.05) is 50.2 Å². The highest BCUT2D eigenvalue weighted by Gasteiger charge is 2.29. The Balaban J connectivity index is 1.73. The zero-order valence-corrected chi connectivity index (χ0v) is 19.7. The van der Waals surface area contributed by atoms with Gasteiger partial charge in [0.25, 0.3) is 0 Å². The Morgan fingerprint density at radius 1 is 0.889 bits per heavy atom. The molecule has 3 heterocycles. The predicted octanol–water partition coefficient (Wildman–Crippen LogP) is 6.39. The smallest absolute Gasteiger partial charge is 0.0981 e. The summed E-state index contributed by atoms with van der Waals surface area (Å²) in [6.45, 7) is 15.8. The monoisotopic (exact) mass is 419 g/mol. The van der Waals surface area contributed by atoms with Gasteiger partial charge in [0.15, 0.2) is 0 Å². The lowest BCUT2D eigenvalue weighted by atomic mass is 9.85. The van der Waals surface area contributed by atoms with Crippen LogP contribution >= 0.6 is 34.0 Å². The lowest BCUT2D eigenvalue weighted by Crippen LogP contribution is -2.22. The van der Waals surface area contributed by atoms with Gasteiger partial charge >= 0.3 is 0 Å². The Bertz CT molecular complexity index is 880. The molecule has 0 atom stereocenters. The minimum atomic E-state index is 0.00503. The number of nitrogens with zero attached hydrogens (tertiary/aromatic N) is 3. The second-order valence-corrected chi connectivity index (χ2v) is 12.4. The van der Waals surface area contributed by atoms with E-state index >= 15 is 0 Å². The van der Waals surface area contributed by atoms with Crippen LogP contribution in [-0.2, 0) is 29.1 Å². The Morgan fingerprint density at radius 3 is 2.22 bits per heavy atom. The van der Waals surface area contributed by atoms with Crippen LogP contribution in [0.25, 0.3) is 0 Å². The second-order valence-electron chi connectivity index (χ2n) is 9.50. The summed E-state index contributed by atoms with van der Waals surface area (Å²) in [6, 6.07) is 0. The molecule has 0 radical (unpaired) electrons. The van der Waals surface area contributed by atoms with E-state index in [0.717, 1.165) is 12.8 Å². The molecule has 3 rings (SSSR count). The predicted molar refractivity (Wildman–Crippen MR) is 119 cm³/mol. The topological polar surface area (TPSA) is 38.7 Å². The van der Waals surface area contributed by atoms with Gasteiger partial charge in [-0.25, -0.2) is 9.97 Å². The molecule has 0 amide bonds. The van der Waals surface area contributed by atoms with Crippen LogP contribution in [0.2, 0.25) is 0 Å². The van der Waals surface area contributed by atoms with E-state index in [1.807, 2.05) is 29.2 Å². The highest BCUT2D eigenvalue weighted by molar-refractivity contribution is 7.11. The zero-order valence-electron chi connectivity index (χ0n) is 17.3. The van der Waals surface area contributed by atoms with Gasteiger partial charge in [0.2, 0.25) is 0 Å². The Kier molecular flexibility index (Phi) is 5.63. The normalized spacial score (nSPS) is 13.3. The Hall–Kier alpha value is -1.11. The van der Waals surface area contributed by atoms with Crippen molar-refractivity contribution in [2.75, 3.05) is 0 Å². The van der Waals surface area contributed by atoms with Crippen LogP contribution in [0.5, 0.6) is 0 Å². The van der Waals surface area contributed by atoms with Crippen molar-refractivity contribution in [1.29, 1.82) is 0 Å². The highest BCUT2D eigenvalue weighted by atomic mass is 32.1. The minimum absolute atomic E-state index is 0.00503. The highest BCUT2D eigenvalue weighted by Crippen LogP contribution is 2.35. The Morgan fingerprint density at radius 2 is 1.63 bits per heavy atom. The quantitative estimate of drug-likeness (QED) is 0.464. The third-order valence-corrected chi connectivity index (χ3v) is 8.16. The van der Waals surface area contributed by atoms with Gasteiger partial charge in [-0.05, 0) is 6.42 Å². The van der Waals surface area contributed by atoms with Crippen LogP contribution < -0.4 is 0 Å². The molecule has 0 unspecified atom stereocenters. The van der Waals surface area contributed by atoms with Crippen LogP contribution in [-0.4, -0.2) is 15.0 Å². The van der Waals surface area contributed by atoms with Crippen molar-refractivity contribution >= 4 is 34.0 Å². The zero-order chi connectivity index (χ0) is 19.9. The molecule has 3 nitrogen and oxygen atoms in total. The standard InChI is InChI=1S/C21H29N3S3/c1-19(2,3)18-23-10-14(27-18)8-20(4,5)15-12-25-17(24-15)9-21(6,7)16-11-22-13-26-16/h10-13H,8-9H2,1-7H3. The summed E-state index contributed by atoms with van der Waals surface area (Å²) in [5.74, 6) is 0. The third-order valence-electron chi connectivity index (χ3n) is 4.75. The molecule has 6 heteroatoms. The largest absolute Gasteiger partial charge is 0.253 e. The summed E-state index contributed by atoms with van der Waals surface area (Å²) in [5, 5.41) is 4.65. The molecular formula is C21H29N3S3. The first-order valence-electron chi connectivity index (χ1n) is 9.26. The fourth-order valence-corrected chi connectivity index (χ4v) is 6.14. The van der Waals surface area contributed by atoms with Crippen molar-refractivity contribution in [3.05, 3.63) is 48.7 Å². The van der Waals surface area contributed by atoms with Gasteiger partial charge in [0.05, 0.1) is 21.2 Å². The molecule has 0 spiro atoms. The molecule has 0 aliphatic rings. The molecular weight excluding hydrogens is 390 g/mol. The average molecular weight is 420 g/mol. The van der Waals surface area contributed by atoms with Gasteiger partial charge in [-0.1, -0.05) is 48.5 Å². The maximum Gasteiger partial charge on any atom is 0.0981 e. The molecule has 0 fully saturated rings.